The molecule has 0 aromatic rings. The van der Waals surface area contributed by atoms with Crippen molar-refractivity contribution in [2.75, 3.05) is 18.1 Å². The topological polar surface area (TPSA) is 113 Å². The zero-order chi connectivity index (χ0) is 15.2. The fourth-order valence-electron chi connectivity index (χ4n) is 2.19. The molecule has 0 bridgehead atoms. The Labute approximate surface area is 119 Å². The van der Waals surface area contributed by atoms with Gasteiger partial charge < -0.3 is 15.7 Å². The highest BCUT2D eigenvalue weighted by Crippen LogP contribution is 2.06. The summed E-state index contributed by atoms with van der Waals surface area (Å²) in [4.78, 5) is 22.1. The van der Waals surface area contributed by atoms with Crippen LogP contribution in [0.2, 0.25) is 0 Å². The SMILES string of the molecule is CC(CCCC(=O)O)NC(=O)CC1CS(=O)(=O)CCN1. The first-order valence-corrected chi connectivity index (χ1v) is 8.55. The van der Waals surface area contributed by atoms with Gasteiger partial charge in [-0.2, -0.15) is 0 Å². The molecule has 2 atom stereocenters. The minimum Gasteiger partial charge on any atom is -0.481 e. The number of carbonyl (C=O) groups is 2. The highest BCUT2D eigenvalue weighted by atomic mass is 32.2. The lowest BCUT2D eigenvalue weighted by Gasteiger charge is -2.24. The van der Waals surface area contributed by atoms with Crippen LogP contribution in [-0.4, -0.2) is 55.5 Å². The van der Waals surface area contributed by atoms with E-state index in [1.807, 2.05) is 6.92 Å². The quantitative estimate of drug-likeness (QED) is 0.586. The Hall–Kier alpha value is -1.15. The van der Waals surface area contributed by atoms with Crippen LogP contribution in [0, 0.1) is 0 Å². The van der Waals surface area contributed by atoms with Gasteiger partial charge in [0.15, 0.2) is 9.84 Å². The number of rotatable bonds is 7. The minimum absolute atomic E-state index is 0.00614. The number of carboxylic acids is 1. The Morgan fingerprint density at radius 1 is 1.45 bits per heavy atom. The second-order valence-electron chi connectivity index (χ2n) is 5.22. The van der Waals surface area contributed by atoms with Crippen LogP contribution in [-0.2, 0) is 19.4 Å². The average Bonchev–Trinajstić information content (AvgIpc) is 2.26. The van der Waals surface area contributed by atoms with E-state index in [2.05, 4.69) is 10.6 Å². The number of nitrogens with one attached hydrogen (secondary N) is 2. The van der Waals surface area contributed by atoms with E-state index in [0.29, 0.717) is 19.4 Å². The Balaban J connectivity index is 2.27. The summed E-state index contributed by atoms with van der Waals surface area (Å²) in [5.74, 6) is -0.938. The lowest BCUT2D eigenvalue weighted by atomic mass is 10.1. The van der Waals surface area contributed by atoms with Crippen molar-refractivity contribution in [3.63, 3.8) is 0 Å². The first-order valence-electron chi connectivity index (χ1n) is 6.73. The molecule has 8 heteroatoms. The van der Waals surface area contributed by atoms with Crippen LogP contribution >= 0.6 is 0 Å². The molecule has 1 aliphatic heterocycles. The summed E-state index contributed by atoms with van der Waals surface area (Å²) in [5, 5.41) is 14.3. The zero-order valence-corrected chi connectivity index (χ0v) is 12.4. The molecule has 116 valence electrons. The van der Waals surface area contributed by atoms with Gasteiger partial charge >= 0.3 is 5.97 Å². The molecular formula is C12H22N2O5S. The maximum Gasteiger partial charge on any atom is 0.303 e. The molecule has 20 heavy (non-hydrogen) atoms. The molecule has 1 rings (SSSR count). The predicted octanol–water partition coefficient (Wildman–Crippen LogP) is -0.477. The third kappa shape index (κ3) is 6.85. The maximum absolute atomic E-state index is 11.8. The summed E-state index contributed by atoms with van der Waals surface area (Å²) < 4.78 is 22.9. The number of carbonyl (C=O) groups excluding carboxylic acids is 1. The van der Waals surface area contributed by atoms with E-state index in [9.17, 15) is 18.0 Å². The van der Waals surface area contributed by atoms with E-state index in [4.69, 9.17) is 5.11 Å². The van der Waals surface area contributed by atoms with Gasteiger partial charge in [0, 0.05) is 31.5 Å². The van der Waals surface area contributed by atoms with Crippen LogP contribution in [0.1, 0.15) is 32.6 Å². The molecular weight excluding hydrogens is 284 g/mol. The van der Waals surface area contributed by atoms with Crippen molar-refractivity contribution < 1.29 is 23.1 Å². The third-order valence-electron chi connectivity index (χ3n) is 3.17. The van der Waals surface area contributed by atoms with Crippen LogP contribution in [0.3, 0.4) is 0 Å². The standard InChI is InChI=1S/C12H22N2O5S/c1-9(3-2-4-12(16)17)14-11(15)7-10-8-20(18,19)6-5-13-10/h9-10,13H,2-8H2,1H3,(H,14,15)(H,16,17). The van der Waals surface area contributed by atoms with Crippen molar-refractivity contribution in [3.05, 3.63) is 0 Å². The predicted molar refractivity (Wildman–Crippen MR) is 74.2 cm³/mol. The molecule has 0 aromatic carbocycles. The van der Waals surface area contributed by atoms with Crippen LogP contribution in [0.15, 0.2) is 0 Å². The summed E-state index contributed by atoms with van der Waals surface area (Å²) in [6.07, 6.45) is 1.31. The lowest BCUT2D eigenvalue weighted by molar-refractivity contribution is -0.137. The summed E-state index contributed by atoms with van der Waals surface area (Å²) in [6, 6.07) is -0.443. The molecule has 3 N–H and O–H groups in total. The summed E-state index contributed by atoms with van der Waals surface area (Å²) in [7, 11) is -3.04. The molecule has 0 aromatic heterocycles. The van der Waals surface area contributed by atoms with E-state index < -0.39 is 15.8 Å². The Kier molecular flexibility index (Phi) is 6.41. The Morgan fingerprint density at radius 2 is 2.15 bits per heavy atom. The van der Waals surface area contributed by atoms with E-state index in [0.717, 1.165) is 0 Å². The third-order valence-corrected chi connectivity index (χ3v) is 4.90. The van der Waals surface area contributed by atoms with Gasteiger partial charge in [-0.1, -0.05) is 0 Å². The Bertz CT molecular complexity index is 449. The Morgan fingerprint density at radius 3 is 2.75 bits per heavy atom. The van der Waals surface area contributed by atoms with Gasteiger partial charge in [0.25, 0.3) is 0 Å². The van der Waals surface area contributed by atoms with Gasteiger partial charge in [0.2, 0.25) is 5.91 Å². The van der Waals surface area contributed by atoms with Gasteiger partial charge in [0.05, 0.1) is 11.5 Å². The van der Waals surface area contributed by atoms with Crippen LogP contribution in [0.5, 0.6) is 0 Å². The van der Waals surface area contributed by atoms with Crippen LogP contribution < -0.4 is 10.6 Å². The summed E-state index contributed by atoms with van der Waals surface area (Å²) >= 11 is 0. The molecule has 1 saturated heterocycles. The van der Waals surface area contributed by atoms with Crippen molar-refractivity contribution in [2.24, 2.45) is 0 Å². The number of carboxylic acid groups (broad SMARTS) is 1. The van der Waals surface area contributed by atoms with E-state index in [1.165, 1.54) is 0 Å². The molecule has 0 aliphatic carbocycles. The van der Waals surface area contributed by atoms with Gasteiger partial charge in [-0.15, -0.1) is 0 Å². The molecule has 0 radical (unpaired) electrons. The fourth-order valence-corrected chi connectivity index (χ4v) is 3.63. The van der Waals surface area contributed by atoms with Gasteiger partial charge in [0.1, 0.15) is 0 Å². The van der Waals surface area contributed by atoms with Crippen LogP contribution in [0.4, 0.5) is 0 Å². The van der Waals surface area contributed by atoms with Crippen molar-refractivity contribution in [2.45, 2.75) is 44.7 Å². The molecule has 1 aliphatic rings. The number of hydrogen-bond acceptors (Lipinski definition) is 5. The number of sulfone groups is 1. The highest BCUT2D eigenvalue weighted by molar-refractivity contribution is 7.91. The summed E-state index contributed by atoms with van der Waals surface area (Å²) in [6.45, 7) is 2.19. The lowest BCUT2D eigenvalue weighted by Crippen LogP contribution is -2.48. The smallest absolute Gasteiger partial charge is 0.303 e. The number of amides is 1. The molecule has 0 saturated carbocycles. The molecule has 7 nitrogen and oxygen atoms in total. The summed E-state index contributed by atoms with van der Waals surface area (Å²) in [5.41, 5.74) is 0. The van der Waals surface area contributed by atoms with Crippen molar-refractivity contribution in [1.82, 2.24) is 10.6 Å². The van der Waals surface area contributed by atoms with E-state index in [-0.39, 0.29) is 42.3 Å². The molecule has 0 spiro atoms. The first kappa shape index (κ1) is 16.9. The fraction of sp³-hybridized carbons (Fsp3) is 0.833. The van der Waals surface area contributed by atoms with Crippen LogP contribution in [0.25, 0.3) is 0 Å². The molecule has 1 amide bonds. The minimum atomic E-state index is -3.04. The number of hydrogen-bond donors (Lipinski definition) is 3. The second-order valence-corrected chi connectivity index (χ2v) is 7.45. The van der Waals surface area contributed by atoms with E-state index >= 15 is 0 Å². The molecule has 1 fully saturated rings. The first-order chi connectivity index (χ1) is 9.28. The van der Waals surface area contributed by atoms with Gasteiger partial charge in [-0.25, -0.2) is 8.42 Å². The van der Waals surface area contributed by atoms with Gasteiger partial charge in [-0.05, 0) is 19.8 Å². The van der Waals surface area contributed by atoms with Crippen molar-refractivity contribution >= 4 is 21.7 Å². The monoisotopic (exact) mass is 306 g/mol. The molecule has 1 heterocycles. The second kappa shape index (κ2) is 7.58. The largest absolute Gasteiger partial charge is 0.481 e. The average molecular weight is 306 g/mol. The van der Waals surface area contributed by atoms with Crippen molar-refractivity contribution in [3.8, 4) is 0 Å². The van der Waals surface area contributed by atoms with E-state index in [1.54, 1.807) is 0 Å². The van der Waals surface area contributed by atoms with Gasteiger partial charge in [-0.3, -0.25) is 9.59 Å². The molecule has 2 unspecified atom stereocenters. The number of aliphatic carboxylic acids is 1. The highest BCUT2D eigenvalue weighted by Gasteiger charge is 2.26. The van der Waals surface area contributed by atoms with Crippen molar-refractivity contribution in [1.29, 1.82) is 0 Å². The zero-order valence-electron chi connectivity index (χ0n) is 11.6. The normalized spacial score (nSPS) is 22.9. The maximum atomic E-state index is 11.8.